The van der Waals surface area contributed by atoms with Crippen LogP contribution in [0.25, 0.3) is 0 Å². The minimum atomic E-state index is -0.319. The normalized spacial score (nSPS) is 10.2. The molecule has 0 atom stereocenters. The van der Waals surface area contributed by atoms with Gasteiger partial charge in [0.15, 0.2) is 0 Å². The molecule has 2 N–H and O–H groups in total. The van der Waals surface area contributed by atoms with Gasteiger partial charge in [0.2, 0.25) is 0 Å². The van der Waals surface area contributed by atoms with Crippen LogP contribution in [-0.2, 0) is 0 Å². The lowest BCUT2D eigenvalue weighted by Crippen LogP contribution is -2.16. The van der Waals surface area contributed by atoms with Crippen molar-refractivity contribution in [1.82, 2.24) is 4.98 Å². The molecule has 2 rings (SSSR count). The zero-order valence-corrected chi connectivity index (χ0v) is 12.4. The van der Waals surface area contributed by atoms with E-state index < -0.39 is 0 Å². The van der Waals surface area contributed by atoms with Crippen molar-refractivity contribution in [3.63, 3.8) is 0 Å². The number of nitrogens with zero attached hydrogens (tertiary/aromatic N) is 1. The van der Waals surface area contributed by atoms with E-state index in [1.54, 1.807) is 19.2 Å². The third kappa shape index (κ3) is 2.91. The van der Waals surface area contributed by atoms with E-state index in [-0.39, 0.29) is 11.6 Å². The van der Waals surface area contributed by atoms with Crippen molar-refractivity contribution in [1.29, 1.82) is 0 Å². The number of hydrogen-bond donors (Lipinski definition) is 2. The molecule has 0 saturated carbocycles. The second-order valence-electron chi connectivity index (χ2n) is 4.48. The molecule has 20 heavy (non-hydrogen) atoms. The van der Waals surface area contributed by atoms with Crippen molar-refractivity contribution in [3.05, 3.63) is 52.2 Å². The Balaban J connectivity index is 2.30. The van der Waals surface area contributed by atoms with Crippen LogP contribution in [-0.4, -0.2) is 17.9 Å². The van der Waals surface area contributed by atoms with Crippen LogP contribution in [0, 0.1) is 13.8 Å². The van der Waals surface area contributed by atoms with Crippen LogP contribution in [0.4, 0.5) is 11.5 Å². The molecule has 104 valence electrons. The number of rotatable bonds is 3. The van der Waals surface area contributed by atoms with Crippen LogP contribution in [0.3, 0.4) is 0 Å². The van der Waals surface area contributed by atoms with Crippen LogP contribution in [0.1, 0.15) is 21.6 Å². The van der Waals surface area contributed by atoms with Crippen molar-refractivity contribution in [2.45, 2.75) is 13.8 Å². The monoisotopic (exact) mass is 289 g/mol. The molecule has 0 spiro atoms. The number of pyridine rings is 1. The van der Waals surface area contributed by atoms with Crippen molar-refractivity contribution >= 4 is 29.0 Å². The molecule has 0 fully saturated rings. The zero-order chi connectivity index (χ0) is 14.7. The van der Waals surface area contributed by atoms with Crippen LogP contribution in [0.15, 0.2) is 30.3 Å². The molecule has 0 radical (unpaired) electrons. The average Bonchev–Trinajstić information content (AvgIpc) is 2.44. The Bertz CT molecular complexity index is 656. The maximum absolute atomic E-state index is 12.3. The first-order chi connectivity index (χ1) is 9.52. The van der Waals surface area contributed by atoms with Gasteiger partial charge in [-0.15, -0.1) is 0 Å². The van der Waals surface area contributed by atoms with Gasteiger partial charge in [-0.25, -0.2) is 4.98 Å². The van der Waals surface area contributed by atoms with Crippen LogP contribution in [0.2, 0.25) is 5.02 Å². The molecule has 2 aromatic rings. The third-order valence-electron chi connectivity index (χ3n) is 3.17. The van der Waals surface area contributed by atoms with E-state index in [1.807, 2.05) is 32.0 Å². The SMILES string of the molecule is CNc1ccc(Cl)c(C(=O)Nc2cccc(C)c2C)n1. The number of benzene rings is 1. The Morgan fingerprint density at radius 2 is 1.95 bits per heavy atom. The molecule has 4 nitrogen and oxygen atoms in total. The molecular formula is C15H16ClN3O. The number of hydrogen-bond acceptors (Lipinski definition) is 3. The molecule has 1 amide bonds. The first kappa shape index (κ1) is 14.3. The molecule has 0 aliphatic rings. The predicted octanol–water partition coefficient (Wildman–Crippen LogP) is 3.65. The molecular weight excluding hydrogens is 274 g/mol. The summed E-state index contributed by atoms with van der Waals surface area (Å²) < 4.78 is 0. The molecule has 1 aromatic heterocycles. The summed E-state index contributed by atoms with van der Waals surface area (Å²) >= 11 is 6.03. The molecule has 0 aliphatic heterocycles. The van der Waals surface area contributed by atoms with E-state index in [2.05, 4.69) is 15.6 Å². The first-order valence-corrected chi connectivity index (χ1v) is 6.62. The third-order valence-corrected chi connectivity index (χ3v) is 3.48. The van der Waals surface area contributed by atoms with Gasteiger partial charge in [0.05, 0.1) is 5.02 Å². The van der Waals surface area contributed by atoms with Gasteiger partial charge in [-0.05, 0) is 43.2 Å². The summed E-state index contributed by atoms with van der Waals surface area (Å²) in [6, 6.07) is 9.13. The predicted molar refractivity (Wildman–Crippen MR) is 82.7 cm³/mol. The number of aromatic nitrogens is 1. The Morgan fingerprint density at radius 1 is 1.20 bits per heavy atom. The fourth-order valence-corrected chi connectivity index (χ4v) is 2.00. The summed E-state index contributed by atoms with van der Waals surface area (Å²) in [5.74, 6) is 0.279. The van der Waals surface area contributed by atoms with Crippen LogP contribution in [0.5, 0.6) is 0 Å². The van der Waals surface area contributed by atoms with Crippen molar-refractivity contribution in [3.8, 4) is 0 Å². The quantitative estimate of drug-likeness (QED) is 0.907. The highest BCUT2D eigenvalue weighted by molar-refractivity contribution is 6.34. The second kappa shape index (κ2) is 5.92. The van der Waals surface area contributed by atoms with Gasteiger partial charge >= 0.3 is 0 Å². The summed E-state index contributed by atoms with van der Waals surface area (Å²) in [6.45, 7) is 3.96. The van der Waals surface area contributed by atoms with Crippen molar-refractivity contribution in [2.75, 3.05) is 17.7 Å². The number of carbonyl (C=O) groups excluding carboxylic acids is 1. The molecule has 5 heteroatoms. The number of aryl methyl sites for hydroxylation is 1. The first-order valence-electron chi connectivity index (χ1n) is 6.25. The summed E-state index contributed by atoms with van der Waals surface area (Å²) in [4.78, 5) is 16.5. The topological polar surface area (TPSA) is 54.0 Å². The molecule has 1 heterocycles. The summed E-state index contributed by atoms with van der Waals surface area (Å²) in [7, 11) is 1.74. The Labute approximate surface area is 123 Å². The maximum Gasteiger partial charge on any atom is 0.275 e. The zero-order valence-electron chi connectivity index (χ0n) is 11.6. The molecule has 0 saturated heterocycles. The van der Waals surface area contributed by atoms with Gasteiger partial charge < -0.3 is 10.6 Å². The van der Waals surface area contributed by atoms with Crippen LogP contribution < -0.4 is 10.6 Å². The lowest BCUT2D eigenvalue weighted by Gasteiger charge is -2.11. The van der Waals surface area contributed by atoms with E-state index in [0.29, 0.717) is 10.8 Å². The van der Waals surface area contributed by atoms with E-state index in [9.17, 15) is 4.79 Å². The maximum atomic E-state index is 12.3. The fourth-order valence-electron chi connectivity index (χ4n) is 1.81. The Hall–Kier alpha value is -2.07. The Kier molecular flexibility index (Phi) is 4.25. The minimum absolute atomic E-state index is 0.208. The van der Waals surface area contributed by atoms with Gasteiger partial charge in [-0.1, -0.05) is 23.7 Å². The standard InChI is InChI=1S/C15H16ClN3O/c1-9-5-4-6-12(10(9)2)18-15(20)14-11(16)7-8-13(17-3)19-14/h4-8H,1-3H3,(H,17,19)(H,18,20). The van der Waals surface area contributed by atoms with Gasteiger partial charge in [-0.2, -0.15) is 0 Å². The number of anilines is 2. The smallest absolute Gasteiger partial charge is 0.275 e. The van der Waals surface area contributed by atoms with Gasteiger partial charge in [-0.3, -0.25) is 4.79 Å². The minimum Gasteiger partial charge on any atom is -0.373 e. The van der Waals surface area contributed by atoms with E-state index in [1.165, 1.54) is 0 Å². The molecule has 1 aromatic carbocycles. The Morgan fingerprint density at radius 3 is 2.65 bits per heavy atom. The number of carbonyl (C=O) groups is 1. The number of amides is 1. The molecule has 0 aliphatic carbocycles. The molecule has 0 bridgehead atoms. The lowest BCUT2D eigenvalue weighted by molar-refractivity contribution is 0.102. The summed E-state index contributed by atoms with van der Waals surface area (Å²) in [5.41, 5.74) is 3.12. The van der Waals surface area contributed by atoms with Crippen molar-refractivity contribution < 1.29 is 4.79 Å². The van der Waals surface area contributed by atoms with E-state index >= 15 is 0 Å². The number of halogens is 1. The highest BCUT2D eigenvalue weighted by Crippen LogP contribution is 2.21. The fraction of sp³-hybridized carbons (Fsp3) is 0.200. The van der Waals surface area contributed by atoms with E-state index in [0.717, 1.165) is 16.8 Å². The van der Waals surface area contributed by atoms with Gasteiger partial charge in [0.25, 0.3) is 5.91 Å². The average molecular weight is 290 g/mol. The highest BCUT2D eigenvalue weighted by Gasteiger charge is 2.14. The van der Waals surface area contributed by atoms with Crippen molar-refractivity contribution in [2.24, 2.45) is 0 Å². The highest BCUT2D eigenvalue weighted by atomic mass is 35.5. The molecule has 0 unspecified atom stereocenters. The second-order valence-corrected chi connectivity index (χ2v) is 4.89. The number of nitrogens with one attached hydrogen (secondary N) is 2. The summed E-state index contributed by atoms with van der Waals surface area (Å²) in [5, 5.41) is 6.06. The lowest BCUT2D eigenvalue weighted by atomic mass is 10.1. The van der Waals surface area contributed by atoms with E-state index in [4.69, 9.17) is 11.6 Å². The van der Waals surface area contributed by atoms with Gasteiger partial charge in [0.1, 0.15) is 11.5 Å². The summed E-state index contributed by atoms with van der Waals surface area (Å²) in [6.07, 6.45) is 0. The van der Waals surface area contributed by atoms with Gasteiger partial charge in [0, 0.05) is 12.7 Å². The largest absolute Gasteiger partial charge is 0.373 e. The van der Waals surface area contributed by atoms with Crippen LogP contribution >= 0.6 is 11.6 Å².